The fraction of sp³-hybridized carbons (Fsp3) is 0.250. The van der Waals surface area contributed by atoms with Crippen LogP contribution in [0, 0.1) is 6.92 Å². The van der Waals surface area contributed by atoms with Gasteiger partial charge in [-0.15, -0.1) is 0 Å². The van der Waals surface area contributed by atoms with Crippen molar-refractivity contribution in [2.45, 2.75) is 13.8 Å². The van der Waals surface area contributed by atoms with Crippen LogP contribution in [0.5, 0.6) is 5.75 Å². The number of benzene rings is 1. The molecule has 3 heteroatoms. The van der Waals surface area contributed by atoms with Gasteiger partial charge in [-0.1, -0.05) is 24.3 Å². The first-order valence-electron chi connectivity index (χ1n) is 4.80. The van der Waals surface area contributed by atoms with Crippen LogP contribution in [-0.2, 0) is 0 Å². The molecule has 2 N–H and O–H groups in total. The molecule has 0 aromatic heterocycles. The Hall–Kier alpha value is -1.77. The summed E-state index contributed by atoms with van der Waals surface area (Å²) in [5.74, 6) is 0.109. The third kappa shape index (κ3) is 2.84. The zero-order valence-corrected chi connectivity index (χ0v) is 8.99. The molecular formula is C12H15NO2. The largest absolute Gasteiger partial charge is 0.488 e. The quantitative estimate of drug-likeness (QED) is 0.765. The van der Waals surface area contributed by atoms with Crippen molar-refractivity contribution in [1.29, 1.82) is 0 Å². The normalized spacial score (nSPS) is 10.5. The summed E-state index contributed by atoms with van der Waals surface area (Å²) < 4.78 is 5.48. The number of hydrogen-bond acceptors (Lipinski definition) is 2. The number of primary amides is 1. The Bertz CT molecular complexity index is 383. The van der Waals surface area contributed by atoms with Crippen LogP contribution in [0.3, 0.4) is 0 Å². The molecule has 1 aromatic carbocycles. The lowest BCUT2D eigenvalue weighted by atomic mass is 10.1. The van der Waals surface area contributed by atoms with Crippen molar-refractivity contribution in [1.82, 2.24) is 0 Å². The van der Waals surface area contributed by atoms with E-state index in [4.69, 9.17) is 10.5 Å². The van der Waals surface area contributed by atoms with Crippen LogP contribution in [0.1, 0.15) is 22.8 Å². The van der Waals surface area contributed by atoms with Gasteiger partial charge in [0.2, 0.25) is 0 Å². The molecule has 15 heavy (non-hydrogen) atoms. The van der Waals surface area contributed by atoms with Gasteiger partial charge in [-0.25, -0.2) is 0 Å². The molecule has 3 nitrogen and oxygen atoms in total. The maximum Gasteiger partial charge on any atom is 0.252 e. The highest BCUT2D eigenvalue weighted by Gasteiger charge is 2.10. The van der Waals surface area contributed by atoms with Gasteiger partial charge in [0.15, 0.2) is 0 Å². The first-order valence-corrected chi connectivity index (χ1v) is 4.80. The number of para-hydroxylation sites is 1. The predicted molar refractivity (Wildman–Crippen MR) is 60.0 cm³/mol. The van der Waals surface area contributed by atoms with Gasteiger partial charge in [0.25, 0.3) is 5.91 Å². The van der Waals surface area contributed by atoms with Gasteiger partial charge in [-0.05, 0) is 25.5 Å². The lowest BCUT2D eigenvalue weighted by Gasteiger charge is -2.10. The van der Waals surface area contributed by atoms with Gasteiger partial charge in [0.05, 0.1) is 5.56 Å². The number of ether oxygens (including phenoxy) is 1. The van der Waals surface area contributed by atoms with Gasteiger partial charge in [-0.3, -0.25) is 4.79 Å². The van der Waals surface area contributed by atoms with Crippen LogP contribution in [0.2, 0.25) is 0 Å². The molecule has 0 fully saturated rings. The lowest BCUT2D eigenvalue weighted by Crippen LogP contribution is -2.13. The van der Waals surface area contributed by atoms with E-state index in [9.17, 15) is 4.79 Å². The van der Waals surface area contributed by atoms with Gasteiger partial charge in [-0.2, -0.15) is 0 Å². The highest BCUT2D eigenvalue weighted by atomic mass is 16.5. The summed E-state index contributed by atoms with van der Waals surface area (Å²) in [5, 5.41) is 0. The van der Waals surface area contributed by atoms with Gasteiger partial charge in [0.1, 0.15) is 12.4 Å². The molecule has 0 saturated heterocycles. The SMILES string of the molecule is C/C=C/COc1c(C)cccc1C(N)=O. The smallest absolute Gasteiger partial charge is 0.252 e. The summed E-state index contributed by atoms with van der Waals surface area (Å²) in [6.07, 6.45) is 3.76. The summed E-state index contributed by atoms with van der Waals surface area (Å²) in [4.78, 5) is 11.1. The summed E-state index contributed by atoms with van der Waals surface area (Å²) >= 11 is 0. The number of hydrogen-bond donors (Lipinski definition) is 1. The molecule has 0 saturated carbocycles. The first kappa shape index (κ1) is 11.3. The molecule has 1 aromatic rings. The lowest BCUT2D eigenvalue weighted by molar-refractivity contribution is 0.0996. The van der Waals surface area contributed by atoms with E-state index < -0.39 is 5.91 Å². The molecule has 0 unspecified atom stereocenters. The fourth-order valence-electron chi connectivity index (χ4n) is 1.27. The standard InChI is InChI=1S/C12H15NO2/c1-3-4-8-15-11-9(2)6-5-7-10(11)12(13)14/h3-7H,8H2,1-2H3,(H2,13,14)/b4-3+. The minimum atomic E-state index is -0.464. The Labute approximate surface area is 89.5 Å². The molecule has 0 aliphatic heterocycles. The highest BCUT2D eigenvalue weighted by Crippen LogP contribution is 2.22. The number of carbonyl (C=O) groups excluding carboxylic acids is 1. The third-order valence-corrected chi connectivity index (χ3v) is 2.04. The second-order valence-corrected chi connectivity index (χ2v) is 3.20. The predicted octanol–water partition coefficient (Wildman–Crippen LogP) is 2.05. The Balaban J connectivity index is 2.97. The van der Waals surface area contributed by atoms with E-state index in [-0.39, 0.29) is 0 Å². The van der Waals surface area contributed by atoms with E-state index in [0.717, 1.165) is 5.56 Å². The molecule has 1 amide bonds. The number of aryl methyl sites for hydroxylation is 1. The van der Waals surface area contributed by atoms with Crippen molar-refractivity contribution >= 4 is 5.91 Å². The van der Waals surface area contributed by atoms with Crippen LogP contribution >= 0.6 is 0 Å². The second kappa shape index (κ2) is 5.20. The molecule has 80 valence electrons. The molecule has 0 heterocycles. The number of rotatable bonds is 4. The summed E-state index contributed by atoms with van der Waals surface area (Å²) in [6, 6.07) is 5.34. The van der Waals surface area contributed by atoms with Gasteiger partial charge < -0.3 is 10.5 Å². The van der Waals surface area contributed by atoms with Crippen LogP contribution in [0.4, 0.5) is 0 Å². The van der Waals surface area contributed by atoms with E-state index in [1.54, 1.807) is 12.1 Å². The monoisotopic (exact) mass is 205 g/mol. The first-order chi connectivity index (χ1) is 7.16. The van der Waals surface area contributed by atoms with Crippen LogP contribution in [-0.4, -0.2) is 12.5 Å². The van der Waals surface area contributed by atoms with E-state index in [0.29, 0.717) is 17.9 Å². The zero-order valence-electron chi connectivity index (χ0n) is 8.99. The van der Waals surface area contributed by atoms with Gasteiger partial charge >= 0.3 is 0 Å². The fourth-order valence-corrected chi connectivity index (χ4v) is 1.27. The summed E-state index contributed by atoms with van der Waals surface area (Å²) in [7, 11) is 0. The van der Waals surface area contributed by atoms with Crippen LogP contribution < -0.4 is 10.5 Å². The van der Waals surface area contributed by atoms with Crippen molar-refractivity contribution in [2.24, 2.45) is 5.73 Å². The van der Waals surface area contributed by atoms with E-state index in [2.05, 4.69) is 0 Å². The molecule has 0 bridgehead atoms. The average molecular weight is 205 g/mol. The Morgan fingerprint density at radius 1 is 1.53 bits per heavy atom. The topological polar surface area (TPSA) is 52.3 Å². The van der Waals surface area contributed by atoms with Crippen molar-refractivity contribution < 1.29 is 9.53 Å². The molecule has 0 atom stereocenters. The van der Waals surface area contributed by atoms with Crippen LogP contribution in [0.15, 0.2) is 30.4 Å². The minimum absolute atomic E-state index is 0.430. The maximum absolute atomic E-state index is 11.1. The van der Waals surface area contributed by atoms with Crippen molar-refractivity contribution in [3.05, 3.63) is 41.5 Å². The molecule has 0 radical (unpaired) electrons. The van der Waals surface area contributed by atoms with E-state index >= 15 is 0 Å². The third-order valence-electron chi connectivity index (χ3n) is 2.04. The molecule has 0 spiro atoms. The van der Waals surface area contributed by atoms with Crippen molar-refractivity contribution in [3.8, 4) is 5.75 Å². The Kier molecular flexibility index (Phi) is 3.92. The highest BCUT2D eigenvalue weighted by molar-refractivity contribution is 5.96. The Morgan fingerprint density at radius 3 is 2.87 bits per heavy atom. The summed E-state index contributed by atoms with van der Waals surface area (Å²) in [6.45, 7) is 4.25. The second-order valence-electron chi connectivity index (χ2n) is 3.20. The zero-order chi connectivity index (χ0) is 11.3. The number of nitrogens with two attached hydrogens (primary N) is 1. The number of amides is 1. The van der Waals surface area contributed by atoms with E-state index in [1.807, 2.05) is 32.1 Å². The Morgan fingerprint density at radius 2 is 2.27 bits per heavy atom. The van der Waals surface area contributed by atoms with E-state index in [1.165, 1.54) is 0 Å². The molecular weight excluding hydrogens is 190 g/mol. The van der Waals surface area contributed by atoms with Crippen LogP contribution in [0.25, 0.3) is 0 Å². The van der Waals surface area contributed by atoms with Crippen molar-refractivity contribution in [3.63, 3.8) is 0 Å². The number of allylic oxidation sites excluding steroid dienone is 1. The number of carbonyl (C=O) groups is 1. The van der Waals surface area contributed by atoms with Crippen molar-refractivity contribution in [2.75, 3.05) is 6.61 Å². The maximum atomic E-state index is 11.1. The average Bonchev–Trinajstić information content (AvgIpc) is 2.20. The molecule has 1 rings (SSSR count). The molecule has 0 aliphatic rings. The summed E-state index contributed by atoms with van der Waals surface area (Å²) in [5.41, 5.74) is 6.59. The molecule has 0 aliphatic carbocycles. The van der Waals surface area contributed by atoms with Gasteiger partial charge in [0, 0.05) is 0 Å². The minimum Gasteiger partial charge on any atom is -0.488 e.